The topological polar surface area (TPSA) is 95.4 Å². The average molecular weight is 174 g/mol. The molecule has 0 aromatic carbocycles. The number of ether oxygens (including phenoxy) is 1. The normalized spacial score (nSPS) is 14.9. The Morgan fingerprint density at radius 1 is 1.50 bits per heavy atom. The molecular weight excluding hydrogens is 160 g/mol. The number of carbonyl (C=O) groups excluding carboxylic acids is 2. The molecule has 0 aromatic rings. The predicted molar refractivity (Wildman–Crippen MR) is 43.0 cm³/mol. The maximum Gasteiger partial charge on any atom is 0.325 e. The highest BCUT2D eigenvalue weighted by Gasteiger charge is 2.29. The molecule has 0 unspecified atom stereocenters. The van der Waals surface area contributed by atoms with Gasteiger partial charge in [-0.1, -0.05) is 0 Å². The van der Waals surface area contributed by atoms with Crippen LogP contribution in [0.4, 0.5) is 0 Å². The van der Waals surface area contributed by atoms with E-state index in [9.17, 15) is 9.59 Å². The van der Waals surface area contributed by atoms with Gasteiger partial charge in [-0.25, -0.2) is 0 Å². The van der Waals surface area contributed by atoms with Gasteiger partial charge in [0.25, 0.3) is 0 Å². The minimum Gasteiger partial charge on any atom is -0.468 e. The van der Waals surface area contributed by atoms with Gasteiger partial charge in [0.05, 0.1) is 7.11 Å². The van der Waals surface area contributed by atoms with Crippen LogP contribution in [0, 0.1) is 0 Å². The Morgan fingerprint density at radius 2 is 2.00 bits per heavy atom. The van der Waals surface area contributed by atoms with Crippen LogP contribution in [0.25, 0.3) is 0 Å². The molecule has 0 aliphatic heterocycles. The molecule has 0 saturated heterocycles. The van der Waals surface area contributed by atoms with Crippen LogP contribution < -0.4 is 11.5 Å². The zero-order valence-electron chi connectivity index (χ0n) is 7.29. The van der Waals surface area contributed by atoms with Gasteiger partial charge >= 0.3 is 5.97 Å². The summed E-state index contributed by atoms with van der Waals surface area (Å²) in [4.78, 5) is 21.3. The number of hydrogen-bond acceptors (Lipinski definition) is 4. The van der Waals surface area contributed by atoms with Gasteiger partial charge in [-0.15, -0.1) is 0 Å². The van der Waals surface area contributed by atoms with E-state index in [1.807, 2.05) is 0 Å². The molecule has 0 heterocycles. The van der Waals surface area contributed by atoms with Crippen molar-refractivity contribution in [2.24, 2.45) is 11.5 Å². The number of esters is 1. The van der Waals surface area contributed by atoms with Crippen molar-refractivity contribution in [3.63, 3.8) is 0 Å². The van der Waals surface area contributed by atoms with Crippen LogP contribution in [-0.2, 0) is 14.3 Å². The lowest BCUT2D eigenvalue weighted by molar-refractivity contribution is -0.146. The van der Waals surface area contributed by atoms with E-state index in [0.29, 0.717) is 0 Å². The molecule has 0 spiro atoms. The predicted octanol–water partition coefficient (Wildman–Crippen LogP) is -0.858. The maximum atomic E-state index is 10.9. The highest BCUT2D eigenvalue weighted by molar-refractivity contribution is 5.81. The van der Waals surface area contributed by atoms with Crippen molar-refractivity contribution in [2.75, 3.05) is 7.11 Å². The van der Waals surface area contributed by atoms with Gasteiger partial charge in [-0.2, -0.15) is 0 Å². The zero-order valence-corrected chi connectivity index (χ0v) is 7.29. The number of methoxy groups -OCH3 is 1. The summed E-state index contributed by atoms with van der Waals surface area (Å²) >= 11 is 0. The fourth-order valence-corrected chi connectivity index (χ4v) is 0.718. The minimum absolute atomic E-state index is 0.0854. The van der Waals surface area contributed by atoms with Crippen LogP contribution in [0.5, 0.6) is 0 Å². The van der Waals surface area contributed by atoms with E-state index in [2.05, 4.69) is 4.74 Å². The van der Waals surface area contributed by atoms with E-state index in [0.717, 1.165) is 0 Å². The number of carbonyl (C=O) groups is 2. The summed E-state index contributed by atoms with van der Waals surface area (Å²) in [6.45, 7) is 1.50. The number of hydrogen-bond donors (Lipinski definition) is 2. The lowest BCUT2D eigenvalue weighted by atomic mass is 9.97. The molecule has 5 nitrogen and oxygen atoms in total. The summed E-state index contributed by atoms with van der Waals surface area (Å²) in [6.07, 6.45) is 0.289. The van der Waals surface area contributed by atoms with E-state index in [4.69, 9.17) is 11.5 Å². The van der Waals surface area contributed by atoms with Crippen LogP contribution in [0.3, 0.4) is 0 Å². The highest BCUT2D eigenvalue weighted by Crippen LogP contribution is 2.09. The zero-order chi connectivity index (χ0) is 9.78. The third-order valence-electron chi connectivity index (χ3n) is 1.54. The number of rotatable bonds is 4. The summed E-state index contributed by atoms with van der Waals surface area (Å²) in [5.41, 5.74) is 9.31. The molecule has 0 rings (SSSR count). The molecule has 0 fully saturated rings. The van der Waals surface area contributed by atoms with Gasteiger partial charge in [0.1, 0.15) is 5.54 Å². The molecule has 1 atom stereocenters. The minimum atomic E-state index is -1.12. The Labute approximate surface area is 71.0 Å². The number of nitrogens with two attached hydrogens (primary N) is 2. The lowest BCUT2D eigenvalue weighted by Crippen LogP contribution is -2.46. The summed E-state index contributed by atoms with van der Waals surface area (Å²) in [7, 11) is 1.25. The number of primary amides is 1. The average Bonchev–Trinajstić information content (AvgIpc) is 1.99. The third kappa shape index (κ3) is 3.34. The molecule has 5 heteroatoms. The van der Waals surface area contributed by atoms with Crippen molar-refractivity contribution in [2.45, 2.75) is 25.3 Å². The van der Waals surface area contributed by atoms with Crippen molar-refractivity contribution in [3.8, 4) is 0 Å². The molecule has 0 radical (unpaired) electrons. The highest BCUT2D eigenvalue weighted by atomic mass is 16.5. The van der Waals surface area contributed by atoms with Gasteiger partial charge in [0.15, 0.2) is 0 Å². The molecular formula is C7H14N2O3. The second kappa shape index (κ2) is 4.06. The Morgan fingerprint density at radius 3 is 2.33 bits per heavy atom. The van der Waals surface area contributed by atoms with Gasteiger partial charge in [0, 0.05) is 6.42 Å². The Hall–Kier alpha value is -1.10. The van der Waals surface area contributed by atoms with E-state index >= 15 is 0 Å². The van der Waals surface area contributed by atoms with Crippen molar-refractivity contribution >= 4 is 11.9 Å². The summed E-state index contributed by atoms with van der Waals surface area (Å²) in [6, 6.07) is 0. The fourth-order valence-electron chi connectivity index (χ4n) is 0.718. The first-order valence-electron chi connectivity index (χ1n) is 3.56. The first-order chi connectivity index (χ1) is 5.40. The summed E-state index contributed by atoms with van der Waals surface area (Å²) in [5, 5.41) is 0. The largest absolute Gasteiger partial charge is 0.468 e. The van der Waals surface area contributed by atoms with E-state index < -0.39 is 17.4 Å². The second-order valence-electron chi connectivity index (χ2n) is 2.88. The third-order valence-corrected chi connectivity index (χ3v) is 1.54. The van der Waals surface area contributed by atoms with Crippen molar-refractivity contribution in [1.29, 1.82) is 0 Å². The van der Waals surface area contributed by atoms with Gasteiger partial charge < -0.3 is 16.2 Å². The van der Waals surface area contributed by atoms with Crippen LogP contribution >= 0.6 is 0 Å². The molecule has 4 N–H and O–H groups in total. The fraction of sp³-hybridized carbons (Fsp3) is 0.714. The molecule has 70 valence electrons. The SMILES string of the molecule is COC(=O)[C@](C)(N)CCC(N)=O. The van der Waals surface area contributed by atoms with Crippen LogP contribution in [0.1, 0.15) is 19.8 Å². The van der Waals surface area contributed by atoms with Crippen molar-refractivity contribution in [1.82, 2.24) is 0 Å². The van der Waals surface area contributed by atoms with E-state index in [1.54, 1.807) is 0 Å². The van der Waals surface area contributed by atoms with Crippen LogP contribution in [0.2, 0.25) is 0 Å². The van der Waals surface area contributed by atoms with Crippen LogP contribution in [0.15, 0.2) is 0 Å². The first kappa shape index (κ1) is 10.9. The molecule has 0 aliphatic carbocycles. The molecule has 0 bridgehead atoms. The van der Waals surface area contributed by atoms with Gasteiger partial charge in [-0.3, -0.25) is 9.59 Å². The standard InChI is InChI=1S/C7H14N2O3/c1-7(9,6(11)12-2)4-3-5(8)10/h3-4,9H2,1-2H3,(H2,8,10)/t7-/m1/s1. The summed E-state index contributed by atoms with van der Waals surface area (Å²) in [5.74, 6) is -1.01. The molecule has 0 saturated carbocycles. The van der Waals surface area contributed by atoms with Crippen LogP contribution in [-0.4, -0.2) is 24.5 Å². The van der Waals surface area contributed by atoms with E-state index in [1.165, 1.54) is 14.0 Å². The maximum absolute atomic E-state index is 10.9. The van der Waals surface area contributed by atoms with Gasteiger partial charge in [0.2, 0.25) is 5.91 Å². The molecule has 0 aliphatic rings. The Balaban J connectivity index is 4.03. The second-order valence-corrected chi connectivity index (χ2v) is 2.88. The Bertz CT molecular complexity index is 189. The smallest absolute Gasteiger partial charge is 0.325 e. The summed E-state index contributed by atoms with van der Waals surface area (Å²) < 4.78 is 4.43. The number of amides is 1. The molecule has 12 heavy (non-hydrogen) atoms. The monoisotopic (exact) mass is 174 g/mol. The van der Waals surface area contributed by atoms with Gasteiger partial charge in [-0.05, 0) is 13.3 Å². The van der Waals surface area contributed by atoms with Crippen molar-refractivity contribution in [3.05, 3.63) is 0 Å². The quantitative estimate of drug-likeness (QED) is 0.542. The Kier molecular flexibility index (Phi) is 3.69. The lowest BCUT2D eigenvalue weighted by Gasteiger charge is -2.20. The molecule has 1 amide bonds. The van der Waals surface area contributed by atoms with Crippen molar-refractivity contribution < 1.29 is 14.3 Å². The van der Waals surface area contributed by atoms with E-state index in [-0.39, 0.29) is 12.8 Å². The first-order valence-corrected chi connectivity index (χ1v) is 3.56. The molecule has 0 aromatic heterocycles.